The van der Waals surface area contributed by atoms with E-state index in [2.05, 4.69) is 0 Å². The molecule has 0 radical (unpaired) electrons. The van der Waals surface area contributed by atoms with Crippen molar-refractivity contribution in [3.8, 4) is 0 Å². The Morgan fingerprint density at radius 3 is 2.06 bits per heavy atom. The van der Waals surface area contributed by atoms with Crippen molar-refractivity contribution in [3.63, 3.8) is 0 Å². The number of imide groups is 1. The van der Waals surface area contributed by atoms with E-state index in [1.54, 1.807) is 18.2 Å². The SMILES string of the molecule is COC(=O)c1cccc(N2C(=O)[C@@H]3[C@@H](C2=O)C2c4ccccc4C3(C(C)=O)c3ccccc32)c1. The standard InChI is InChI=1S/C28H21NO5/c1-15(30)28-20-12-5-3-10-18(20)22(19-11-4-6-13-21(19)28)23-24(28)26(32)29(25(23)31)17-9-7-8-16(14-17)27(33)34-2/h3-14,22-24H,1-2H3/t22?,23-,24-,28?/m0/s1. The van der Waals surface area contributed by atoms with Crippen LogP contribution in [-0.4, -0.2) is 30.7 Å². The first-order valence-electron chi connectivity index (χ1n) is 11.2. The molecule has 6 nitrogen and oxygen atoms in total. The number of rotatable bonds is 3. The average molecular weight is 451 g/mol. The van der Waals surface area contributed by atoms with Gasteiger partial charge < -0.3 is 4.74 Å². The summed E-state index contributed by atoms with van der Waals surface area (Å²) in [6.45, 7) is 1.51. The molecule has 34 heavy (non-hydrogen) atoms. The highest BCUT2D eigenvalue weighted by molar-refractivity contribution is 6.25. The number of hydrogen-bond donors (Lipinski definition) is 0. The van der Waals surface area contributed by atoms with E-state index in [4.69, 9.17) is 4.74 Å². The number of methoxy groups -OCH3 is 1. The summed E-state index contributed by atoms with van der Waals surface area (Å²) >= 11 is 0. The van der Waals surface area contributed by atoms with Crippen LogP contribution in [0.1, 0.15) is 45.5 Å². The zero-order valence-corrected chi connectivity index (χ0v) is 18.6. The molecule has 3 aliphatic carbocycles. The molecule has 7 rings (SSSR count). The van der Waals surface area contributed by atoms with Gasteiger partial charge in [-0.15, -0.1) is 0 Å². The number of nitrogens with zero attached hydrogens (tertiary/aromatic N) is 1. The lowest BCUT2D eigenvalue weighted by Crippen LogP contribution is -2.57. The first-order valence-corrected chi connectivity index (χ1v) is 11.2. The maximum Gasteiger partial charge on any atom is 0.337 e. The molecule has 3 aromatic rings. The second-order valence-corrected chi connectivity index (χ2v) is 9.07. The highest BCUT2D eigenvalue weighted by atomic mass is 16.5. The molecule has 2 atom stereocenters. The van der Waals surface area contributed by atoms with Crippen LogP contribution in [0.5, 0.6) is 0 Å². The van der Waals surface area contributed by atoms with Gasteiger partial charge in [0.1, 0.15) is 5.78 Å². The van der Waals surface area contributed by atoms with Crippen LogP contribution in [0.4, 0.5) is 5.69 Å². The highest BCUT2D eigenvalue weighted by Crippen LogP contribution is 2.64. The highest BCUT2D eigenvalue weighted by Gasteiger charge is 2.70. The number of ether oxygens (including phenoxy) is 1. The third-order valence-electron chi connectivity index (χ3n) is 7.70. The summed E-state index contributed by atoms with van der Waals surface area (Å²) in [6.07, 6.45) is 0. The molecular formula is C28H21NO5. The lowest BCUT2D eigenvalue weighted by Gasteiger charge is -2.52. The Labute approximate surface area is 196 Å². The van der Waals surface area contributed by atoms with E-state index in [1.807, 2.05) is 48.5 Å². The van der Waals surface area contributed by atoms with E-state index in [1.165, 1.54) is 20.1 Å². The van der Waals surface area contributed by atoms with E-state index >= 15 is 0 Å². The Kier molecular flexibility index (Phi) is 4.21. The second-order valence-electron chi connectivity index (χ2n) is 9.07. The summed E-state index contributed by atoms with van der Waals surface area (Å²) in [5.74, 6) is -3.37. The second kappa shape index (κ2) is 6.97. The van der Waals surface area contributed by atoms with Gasteiger partial charge in [-0.25, -0.2) is 9.69 Å². The molecule has 1 heterocycles. The molecule has 0 spiro atoms. The Bertz CT molecular complexity index is 1380. The van der Waals surface area contributed by atoms with Crippen molar-refractivity contribution >= 4 is 29.3 Å². The van der Waals surface area contributed by atoms with Gasteiger partial charge in [0.25, 0.3) is 0 Å². The number of esters is 1. The summed E-state index contributed by atoms with van der Waals surface area (Å²) < 4.78 is 4.81. The van der Waals surface area contributed by atoms with Crippen LogP contribution in [-0.2, 0) is 24.5 Å². The van der Waals surface area contributed by atoms with E-state index in [0.717, 1.165) is 27.2 Å². The Morgan fingerprint density at radius 2 is 1.47 bits per heavy atom. The van der Waals surface area contributed by atoms with Crippen LogP contribution < -0.4 is 4.90 Å². The molecule has 6 heteroatoms. The molecule has 1 fully saturated rings. The quantitative estimate of drug-likeness (QED) is 0.449. The molecule has 168 valence electrons. The molecule has 1 saturated heterocycles. The number of carbonyl (C=O) groups excluding carboxylic acids is 4. The zero-order valence-electron chi connectivity index (χ0n) is 18.6. The van der Waals surface area contributed by atoms with Crippen molar-refractivity contribution in [2.75, 3.05) is 12.0 Å². The molecule has 0 aromatic heterocycles. The number of ketones is 1. The Hall–Kier alpha value is -4.06. The van der Waals surface area contributed by atoms with Crippen molar-refractivity contribution in [3.05, 3.63) is 101 Å². The fourth-order valence-electron chi connectivity index (χ4n) is 6.51. The number of anilines is 1. The van der Waals surface area contributed by atoms with E-state index in [-0.39, 0.29) is 23.2 Å². The summed E-state index contributed by atoms with van der Waals surface area (Å²) in [6, 6.07) is 21.6. The first kappa shape index (κ1) is 20.5. The van der Waals surface area contributed by atoms with Gasteiger partial charge >= 0.3 is 5.97 Å². The van der Waals surface area contributed by atoms with Gasteiger partial charge in [0.15, 0.2) is 0 Å². The number of Topliss-reactive ketones (excluding diaryl/α,β-unsaturated/α-hetero) is 1. The van der Waals surface area contributed by atoms with Crippen LogP contribution in [0.2, 0.25) is 0 Å². The lowest BCUT2D eigenvalue weighted by molar-refractivity contribution is -0.132. The Balaban J connectivity index is 1.61. The summed E-state index contributed by atoms with van der Waals surface area (Å²) in [4.78, 5) is 54.8. The van der Waals surface area contributed by atoms with Gasteiger partial charge in [-0.1, -0.05) is 54.6 Å². The topological polar surface area (TPSA) is 80.8 Å². The minimum atomic E-state index is -1.24. The van der Waals surface area contributed by atoms with Crippen molar-refractivity contribution < 1.29 is 23.9 Å². The molecule has 2 bridgehead atoms. The van der Waals surface area contributed by atoms with Crippen LogP contribution in [0.25, 0.3) is 0 Å². The van der Waals surface area contributed by atoms with E-state index < -0.39 is 29.1 Å². The van der Waals surface area contributed by atoms with E-state index in [0.29, 0.717) is 5.69 Å². The Morgan fingerprint density at radius 1 is 0.853 bits per heavy atom. The number of amides is 2. The fraction of sp³-hybridized carbons (Fsp3) is 0.214. The number of hydrogen-bond acceptors (Lipinski definition) is 5. The molecule has 0 unspecified atom stereocenters. The fourth-order valence-corrected chi connectivity index (χ4v) is 6.51. The lowest BCUT2D eigenvalue weighted by atomic mass is 9.46. The van der Waals surface area contributed by atoms with Crippen LogP contribution >= 0.6 is 0 Å². The van der Waals surface area contributed by atoms with Crippen molar-refractivity contribution in [2.45, 2.75) is 18.3 Å². The maximum atomic E-state index is 14.1. The molecule has 3 aromatic carbocycles. The van der Waals surface area contributed by atoms with Crippen molar-refractivity contribution in [1.29, 1.82) is 0 Å². The van der Waals surface area contributed by atoms with Gasteiger partial charge in [-0.2, -0.15) is 0 Å². The predicted octanol–water partition coefficient (Wildman–Crippen LogP) is 3.61. The van der Waals surface area contributed by atoms with Gasteiger partial charge in [-0.3, -0.25) is 14.4 Å². The zero-order chi connectivity index (χ0) is 23.8. The number of carbonyl (C=O) groups is 4. The van der Waals surface area contributed by atoms with Gasteiger partial charge in [0, 0.05) is 5.92 Å². The van der Waals surface area contributed by atoms with Crippen LogP contribution in [0, 0.1) is 11.8 Å². The predicted molar refractivity (Wildman–Crippen MR) is 123 cm³/mol. The monoisotopic (exact) mass is 451 g/mol. The molecule has 0 N–H and O–H groups in total. The summed E-state index contributed by atoms with van der Waals surface area (Å²) in [7, 11) is 1.28. The average Bonchev–Trinajstić information content (AvgIpc) is 3.14. The first-order chi connectivity index (χ1) is 16.4. The maximum absolute atomic E-state index is 14.1. The van der Waals surface area contributed by atoms with Crippen LogP contribution in [0.3, 0.4) is 0 Å². The van der Waals surface area contributed by atoms with Crippen LogP contribution in [0.15, 0.2) is 72.8 Å². The smallest absolute Gasteiger partial charge is 0.337 e. The van der Waals surface area contributed by atoms with E-state index in [9.17, 15) is 19.2 Å². The normalized spacial score (nSPS) is 26.1. The number of benzene rings is 3. The van der Waals surface area contributed by atoms with Gasteiger partial charge in [-0.05, 0) is 47.4 Å². The summed E-state index contributed by atoms with van der Waals surface area (Å²) in [5.41, 5.74) is 2.75. The molecule has 2 amide bonds. The minimum absolute atomic E-state index is 0.160. The van der Waals surface area contributed by atoms with Gasteiger partial charge in [0.05, 0.1) is 35.6 Å². The molecular weight excluding hydrogens is 430 g/mol. The largest absolute Gasteiger partial charge is 0.465 e. The molecule has 0 saturated carbocycles. The van der Waals surface area contributed by atoms with Crippen molar-refractivity contribution in [1.82, 2.24) is 0 Å². The molecule has 1 aliphatic heterocycles. The van der Waals surface area contributed by atoms with Crippen molar-refractivity contribution in [2.24, 2.45) is 11.8 Å². The minimum Gasteiger partial charge on any atom is -0.465 e. The van der Waals surface area contributed by atoms with Gasteiger partial charge in [0.2, 0.25) is 11.8 Å². The third kappa shape index (κ3) is 2.30. The third-order valence-corrected chi connectivity index (χ3v) is 7.70. The molecule has 4 aliphatic rings. The summed E-state index contributed by atoms with van der Waals surface area (Å²) in [5, 5.41) is 0.